The summed E-state index contributed by atoms with van der Waals surface area (Å²) in [7, 11) is 1.57. The van der Waals surface area contributed by atoms with Crippen LogP contribution in [-0.2, 0) is 14.3 Å². The van der Waals surface area contributed by atoms with Gasteiger partial charge in [0.2, 0.25) is 5.91 Å². The summed E-state index contributed by atoms with van der Waals surface area (Å²) in [6.45, 7) is 2.77. The molecular weight excluding hydrogens is 258 g/mol. The monoisotopic (exact) mass is 277 g/mol. The second kappa shape index (κ2) is 6.05. The Morgan fingerprint density at radius 3 is 2.85 bits per heavy atom. The van der Waals surface area contributed by atoms with Crippen LogP contribution in [0.15, 0.2) is 24.3 Å². The van der Waals surface area contributed by atoms with Crippen molar-refractivity contribution in [3.63, 3.8) is 0 Å². The number of benzene rings is 1. The van der Waals surface area contributed by atoms with E-state index in [4.69, 9.17) is 4.74 Å². The van der Waals surface area contributed by atoms with E-state index >= 15 is 0 Å². The molecule has 0 radical (unpaired) electrons. The minimum Gasteiger partial charge on any atom is -0.481 e. The second-order valence-corrected chi connectivity index (χ2v) is 5.09. The van der Waals surface area contributed by atoms with Gasteiger partial charge < -0.3 is 14.7 Å². The van der Waals surface area contributed by atoms with Gasteiger partial charge in [-0.25, -0.2) is 0 Å². The third-order valence-corrected chi connectivity index (χ3v) is 3.67. The lowest BCUT2D eigenvalue weighted by atomic mass is 9.93. The number of likely N-dealkylation sites (tertiary alicyclic amines) is 1. The van der Waals surface area contributed by atoms with Crippen molar-refractivity contribution in [2.75, 3.05) is 20.3 Å². The first-order valence-corrected chi connectivity index (χ1v) is 6.62. The van der Waals surface area contributed by atoms with Gasteiger partial charge in [0, 0.05) is 20.1 Å². The Hall–Kier alpha value is -1.88. The van der Waals surface area contributed by atoms with E-state index in [0.717, 1.165) is 11.1 Å². The van der Waals surface area contributed by atoms with Crippen LogP contribution in [0.3, 0.4) is 0 Å². The summed E-state index contributed by atoms with van der Waals surface area (Å²) < 4.78 is 5.01. The number of carbonyl (C=O) groups is 2. The lowest BCUT2D eigenvalue weighted by Gasteiger charge is -2.27. The van der Waals surface area contributed by atoms with Crippen molar-refractivity contribution in [2.45, 2.75) is 19.4 Å². The molecule has 1 aromatic carbocycles. The molecule has 1 amide bonds. The number of amides is 1. The average molecular weight is 277 g/mol. The first kappa shape index (κ1) is 14.5. The highest BCUT2D eigenvalue weighted by atomic mass is 16.5. The van der Waals surface area contributed by atoms with Crippen molar-refractivity contribution in [1.29, 1.82) is 0 Å². The minimum atomic E-state index is -0.926. The Morgan fingerprint density at radius 1 is 1.50 bits per heavy atom. The van der Waals surface area contributed by atoms with Crippen LogP contribution in [0.25, 0.3) is 0 Å². The van der Waals surface area contributed by atoms with E-state index in [1.54, 1.807) is 12.0 Å². The molecule has 1 heterocycles. The zero-order valence-electron chi connectivity index (χ0n) is 11.7. The number of rotatable bonds is 5. The van der Waals surface area contributed by atoms with Crippen molar-refractivity contribution >= 4 is 11.9 Å². The van der Waals surface area contributed by atoms with Crippen molar-refractivity contribution in [3.8, 4) is 0 Å². The third-order valence-electron chi connectivity index (χ3n) is 3.67. The second-order valence-electron chi connectivity index (χ2n) is 5.09. The van der Waals surface area contributed by atoms with Crippen LogP contribution in [0.2, 0.25) is 0 Å². The van der Waals surface area contributed by atoms with Gasteiger partial charge in [0.25, 0.3) is 0 Å². The summed E-state index contributed by atoms with van der Waals surface area (Å²) in [6.07, 6.45) is 0.0532. The average Bonchev–Trinajstić information content (AvgIpc) is 2.73. The highest BCUT2D eigenvalue weighted by Crippen LogP contribution is 2.38. The van der Waals surface area contributed by atoms with Crippen LogP contribution in [-0.4, -0.2) is 42.1 Å². The summed E-state index contributed by atoms with van der Waals surface area (Å²) in [5.41, 5.74) is 1.93. The Labute approximate surface area is 118 Å². The number of nitrogens with zero attached hydrogens (tertiary/aromatic N) is 1. The maximum atomic E-state index is 12.1. The summed E-state index contributed by atoms with van der Waals surface area (Å²) >= 11 is 0. The predicted molar refractivity (Wildman–Crippen MR) is 73.3 cm³/mol. The van der Waals surface area contributed by atoms with Crippen molar-refractivity contribution in [1.82, 2.24) is 4.90 Å². The fraction of sp³-hybridized carbons (Fsp3) is 0.467. The lowest BCUT2D eigenvalue weighted by Crippen LogP contribution is -2.33. The number of hydrogen-bond donors (Lipinski definition) is 1. The maximum Gasteiger partial charge on any atom is 0.309 e. The first-order valence-electron chi connectivity index (χ1n) is 6.62. The largest absolute Gasteiger partial charge is 0.481 e. The Morgan fingerprint density at radius 2 is 2.25 bits per heavy atom. The summed E-state index contributed by atoms with van der Waals surface area (Å²) in [6, 6.07) is 7.26. The number of carbonyl (C=O) groups excluding carboxylic acids is 1. The topological polar surface area (TPSA) is 66.8 Å². The standard InChI is InChI=1S/C15H19NO4/c1-10-4-3-5-11(8-10)14-12(15(18)19)9-13(17)16(14)6-7-20-2/h3-5,8,12,14H,6-7,9H2,1-2H3,(H,18,19). The van der Waals surface area contributed by atoms with Crippen molar-refractivity contribution in [2.24, 2.45) is 5.92 Å². The van der Waals surface area contributed by atoms with Crippen LogP contribution < -0.4 is 0 Å². The van der Waals surface area contributed by atoms with Gasteiger partial charge in [0.15, 0.2) is 0 Å². The van der Waals surface area contributed by atoms with Gasteiger partial charge in [-0.2, -0.15) is 0 Å². The molecule has 1 aliphatic rings. The van der Waals surface area contributed by atoms with Crippen molar-refractivity contribution < 1.29 is 19.4 Å². The van der Waals surface area contributed by atoms with E-state index in [-0.39, 0.29) is 12.3 Å². The number of carboxylic acid groups (broad SMARTS) is 1. The van der Waals surface area contributed by atoms with Crippen molar-refractivity contribution in [3.05, 3.63) is 35.4 Å². The van der Waals surface area contributed by atoms with Gasteiger partial charge in [0.05, 0.1) is 18.6 Å². The number of carboxylic acids is 1. The number of hydrogen-bond acceptors (Lipinski definition) is 3. The fourth-order valence-electron chi connectivity index (χ4n) is 2.73. The molecule has 0 saturated carbocycles. The highest BCUT2D eigenvalue weighted by Gasteiger charge is 2.44. The molecule has 1 saturated heterocycles. The molecule has 1 fully saturated rings. The summed E-state index contributed by atoms with van der Waals surface area (Å²) in [5.74, 6) is -1.74. The zero-order valence-corrected chi connectivity index (χ0v) is 11.7. The number of ether oxygens (including phenoxy) is 1. The van der Waals surface area contributed by atoms with E-state index in [0.29, 0.717) is 13.2 Å². The van der Waals surface area contributed by atoms with Crippen LogP contribution >= 0.6 is 0 Å². The normalized spacial score (nSPS) is 22.3. The van der Waals surface area contributed by atoms with Crippen LogP contribution in [0.5, 0.6) is 0 Å². The zero-order chi connectivity index (χ0) is 14.7. The molecule has 1 N–H and O–H groups in total. The Balaban J connectivity index is 2.35. The number of aryl methyl sites for hydroxylation is 1. The van der Waals surface area contributed by atoms with Gasteiger partial charge in [-0.1, -0.05) is 29.8 Å². The van der Waals surface area contributed by atoms with Crippen LogP contribution in [0.1, 0.15) is 23.6 Å². The van der Waals surface area contributed by atoms with Gasteiger partial charge in [-0.15, -0.1) is 0 Å². The van der Waals surface area contributed by atoms with Gasteiger partial charge in [0.1, 0.15) is 0 Å². The highest BCUT2D eigenvalue weighted by molar-refractivity contribution is 5.87. The van der Waals surface area contributed by atoms with Gasteiger partial charge in [-0.3, -0.25) is 9.59 Å². The quantitative estimate of drug-likeness (QED) is 0.888. The van der Waals surface area contributed by atoms with Gasteiger partial charge >= 0.3 is 5.97 Å². The molecule has 2 unspecified atom stereocenters. The lowest BCUT2D eigenvalue weighted by molar-refractivity contribution is -0.142. The van der Waals surface area contributed by atoms with Crippen LogP contribution in [0.4, 0.5) is 0 Å². The predicted octanol–water partition coefficient (Wildman–Crippen LogP) is 1.62. The smallest absolute Gasteiger partial charge is 0.309 e. The fourth-order valence-corrected chi connectivity index (χ4v) is 2.73. The molecule has 20 heavy (non-hydrogen) atoms. The molecule has 108 valence electrons. The molecule has 0 spiro atoms. The third kappa shape index (κ3) is 2.82. The molecule has 2 atom stereocenters. The number of aliphatic carboxylic acids is 1. The summed E-state index contributed by atoms with van der Waals surface area (Å²) in [5, 5.41) is 9.37. The molecule has 0 bridgehead atoms. The maximum absolute atomic E-state index is 12.1. The molecule has 1 aliphatic heterocycles. The molecule has 0 aromatic heterocycles. The number of methoxy groups -OCH3 is 1. The molecule has 1 aromatic rings. The van der Waals surface area contributed by atoms with E-state index in [9.17, 15) is 14.7 Å². The van der Waals surface area contributed by atoms with E-state index < -0.39 is 17.9 Å². The minimum absolute atomic E-state index is 0.0532. The SMILES string of the molecule is COCCN1C(=O)CC(C(=O)O)C1c1cccc(C)c1. The van der Waals surface area contributed by atoms with E-state index in [2.05, 4.69) is 0 Å². The Kier molecular flexibility index (Phi) is 4.39. The van der Waals surface area contributed by atoms with E-state index in [1.165, 1.54) is 0 Å². The molecule has 0 aliphatic carbocycles. The molecule has 5 heteroatoms. The summed E-state index contributed by atoms with van der Waals surface area (Å²) in [4.78, 5) is 25.1. The molecular formula is C15H19NO4. The first-order chi connectivity index (χ1) is 9.54. The Bertz CT molecular complexity index is 514. The van der Waals surface area contributed by atoms with Gasteiger partial charge in [-0.05, 0) is 12.5 Å². The molecule has 5 nitrogen and oxygen atoms in total. The van der Waals surface area contributed by atoms with E-state index in [1.807, 2.05) is 31.2 Å². The van der Waals surface area contributed by atoms with Crippen LogP contribution in [0, 0.1) is 12.8 Å². The molecule has 2 rings (SSSR count).